The van der Waals surface area contributed by atoms with Gasteiger partial charge in [0.25, 0.3) is 0 Å². The fourth-order valence-corrected chi connectivity index (χ4v) is 5.03. The molecule has 2 aromatic heterocycles. The second-order valence-corrected chi connectivity index (χ2v) is 9.23. The number of anilines is 1. The number of rotatable bonds is 9. The molecule has 0 atom stereocenters. The molecule has 8 heteroatoms. The van der Waals surface area contributed by atoms with E-state index in [0.29, 0.717) is 34.6 Å². The van der Waals surface area contributed by atoms with Gasteiger partial charge in [-0.1, -0.05) is 60.7 Å². The minimum absolute atomic E-state index is 0.0650. The third-order valence-corrected chi connectivity index (χ3v) is 6.83. The molecule has 0 fully saturated rings. The molecule has 0 saturated heterocycles. The van der Waals surface area contributed by atoms with Crippen LogP contribution in [0.25, 0.3) is 11.5 Å². The van der Waals surface area contributed by atoms with Crippen molar-refractivity contribution in [1.82, 2.24) is 10.3 Å². The van der Waals surface area contributed by atoms with Crippen LogP contribution in [-0.2, 0) is 16.1 Å². The Morgan fingerprint density at radius 3 is 2.30 bits per heavy atom. The van der Waals surface area contributed by atoms with Crippen molar-refractivity contribution >= 4 is 40.0 Å². The monoisotopic (exact) mass is 477 g/mol. The molecule has 0 bridgehead atoms. The minimum atomic E-state index is -0.119. The largest absolute Gasteiger partial charge is 0.458 e. The van der Waals surface area contributed by atoms with Crippen LogP contribution in [0.5, 0.6) is 0 Å². The van der Waals surface area contributed by atoms with Gasteiger partial charge in [0.05, 0.1) is 17.5 Å². The highest BCUT2D eigenvalue weighted by Gasteiger charge is 2.17. The summed E-state index contributed by atoms with van der Waals surface area (Å²) < 4.78 is 5.73. The number of benzene rings is 2. The number of nitrogens with zero attached hydrogens (tertiary/aromatic N) is 1. The number of hydrogen-bond donors (Lipinski definition) is 2. The molecular formula is C25H23N3O3S2. The third-order valence-electron chi connectivity index (χ3n) is 4.76. The molecule has 0 spiro atoms. The summed E-state index contributed by atoms with van der Waals surface area (Å²) in [5.41, 5.74) is 2.96. The third kappa shape index (κ3) is 6.34. The summed E-state index contributed by atoms with van der Waals surface area (Å²) in [4.78, 5) is 28.2. The molecule has 2 amide bonds. The van der Waals surface area contributed by atoms with Gasteiger partial charge in [0.2, 0.25) is 11.8 Å². The highest BCUT2D eigenvalue weighted by molar-refractivity contribution is 8.00. The second kappa shape index (κ2) is 11.0. The normalized spacial score (nSPS) is 10.8. The van der Waals surface area contributed by atoms with Crippen LogP contribution in [0.2, 0.25) is 0 Å². The van der Waals surface area contributed by atoms with Gasteiger partial charge in [0.15, 0.2) is 10.9 Å². The zero-order valence-corrected chi connectivity index (χ0v) is 19.6. The van der Waals surface area contributed by atoms with E-state index in [9.17, 15) is 9.59 Å². The van der Waals surface area contributed by atoms with Gasteiger partial charge in [-0.05, 0) is 23.3 Å². The highest BCUT2D eigenvalue weighted by Crippen LogP contribution is 2.35. The summed E-state index contributed by atoms with van der Waals surface area (Å²) in [5.74, 6) is 1.30. The van der Waals surface area contributed by atoms with Crippen molar-refractivity contribution < 1.29 is 14.0 Å². The van der Waals surface area contributed by atoms with Crippen molar-refractivity contribution in [3.63, 3.8) is 0 Å². The van der Waals surface area contributed by atoms with Gasteiger partial charge in [-0.3, -0.25) is 9.59 Å². The molecule has 0 aliphatic carbocycles. The molecule has 2 heterocycles. The molecule has 2 aromatic carbocycles. The van der Waals surface area contributed by atoms with E-state index in [1.54, 1.807) is 23.9 Å². The number of thioether (sulfide) groups is 1. The topological polar surface area (TPSA) is 84.2 Å². The lowest BCUT2D eigenvalue weighted by molar-refractivity contribution is -0.119. The van der Waals surface area contributed by atoms with E-state index in [1.807, 2.05) is 41.8 Å². The molecule has 4 rings (SSSR count). The number of carbonyl (C=O) groups is 2. The number of hydrogen-bond acceptors (Lipinski definition) is 6. The first-order valence-corrected chi connectivity index (χ1v) is 12.3. The molecule has 0 radical (unpaired) electrons. The lowest BCUT2D eigenvalue weighted by Crippen LogP contribution is -2.18. The lowest BCUT2D eigenvalue weighted by Gasteiger charge is -2.17. The molecule has 4 aromatic rings. The van der Waals surface area contributed by atoms with Crippen molar-refractivity contribution in [2.24, 2.45) is 0 Å². The predicted molar refractivity (Wildman–Crippen MR) is 133 cm³/mol. The van der Waals surface area contributed by atoms with Gasteiger partial charge in [0, 0.05) is 12.3 Å². The lowest BCUT2D eigenvalue weighted by atomic mass is 10.0. The van der Waals surface area contributed by atoms with Gasteiger partial charge < -0.3 is 15.1 Å². The maximum Gasteiger partial charge on any atom is 0.236 e. The van der Waals surface area contributed by atoms with E-state index >= 15 is 0 Å². The zero-order valence-electron chi connectivity index (χ0n) is 18.0. The fourth-order valence-electron chi connectivity index (χ4n) is 3.22. The quantitative estimate of drug-likeness (QED) is 0.333. The number of nitrogens with one attached hydrogen (secondary N) is 2. The first kappa shape index (κ1) is 22.8. The first-order chi connectivity index (χ1) is 16.1. The van der Waals surface area contributed by atoms with Crippen molar-refractivity contribution in [1.29, 1.82) is 0 Å². The average molecular weight is 478 g/mol. The molecule has 0 aliphatic rings. The van der Waals surface area contributed by atoms with Crippen LogP contribution in [-0.4, -0.2) is 22.6 Å². The Kier molecular flexibility index (Phi) is 7.59. The Balaban J connectivity index is 1.37. The Bertz CT molecular complexity index is 1170. The summed E-state index contributed by atoms with van der Waals surface area (Å²) in [6.07, 6.45) is 0. The van der Waals surface area contributed by atoms with Crippen molar-refractivity contribution in [3.8, 4) is 11.5 Å². The fraction of sp³-hybridized carbons (Fsp3) is 0.160. The Morgan fingerprint density at radius 1 is 1.00 bits per heavy atom. The summed E-state index contributed by atoms with van der Waals surface area (Å²) in [7, 11) is 0. The van der Waals surface area contributed by atoms with Crippen LogP contribution in [0.1, 0.15) is 29.1 Å². The highest BCUT2D eigenvalue weighted by atomic mass is 32.2. The second-order valence-electron chi connectivity index (χ2n) is 7.27. The van der Waals surface area contributed by atoms with E-state index < -0.39 is 0 Å². The summed E-state index contributed by atoms with van der Waals surface area (Å²) in [6.45, 7) is 1.78. The van der Waals surface area contributed by atoms with E-state index in [4.69, 9.17) is 4.42 Å². The Labute approximate surface area is 200 Å². The zero-order chi connectivity index (χ0) is 23.0. The molecule has 0 aliphatic heterocycles. The molecule has 168 valence electrons. The maximum absolute atomic E-state index is 12.6. The van der Waals surface area contributed by atoms with Gasteiger partial charge in [-0.25, -0.2) is 4.98 Å². The number of carbonyl (C=O) groups excluding carboxylic acids is 2. The van der Waals surface area contributed by atoms with Crippen LogP contribution in [0, 0.1) is 0 Å². The first-order valence-electron chi connectivity index (χ1n) is 10.4. The number of aromatic nitrogens is 1. The van der Waals surface area contributed by atoms with Gasteiger partial charge in [0.1, 0.15) is 11.5 Å². The number of amides is 2. The molecule has 33 heavy (non-hydrogen) atoms. The van der Waals surface area contributed by atoms with Crippen molar-refractivity contribution in [2.75, 3.05) is 11.1 Å². The molecule has 0 unspecified atom stereocenters. The van der Waals surface area contributed by atoms with Crippen LogP contribution in [0.3, 0.4) is 0 Å². The van der Waals surface area contributed by atoms with E-state index in [0.717, 1.165) is 11.1 Å². The van der Waals surface area contributed by atoms with Crippen molar-refractivity contribution in [2.45, 2.75) is 18.7 Å². The van der Waals surface area contributed by atoms with Crippen LogP contribution in [0.4, 0.5) is 5.13 Å². The van der Waals surface area contributed by atoms with Gasteiger partial charge >= 0.3 is 0 Å². The Hall–Kier alpha value is -3.36. The summed E-state index contributed by atoms with van der Waals surface area (Å²) >= 11 is 2.93. The van der Waals surface area contributed by atoms with Gasteiger partial charge in [-0.2, -0.15) is 0 Å². The van der Waals surface area contributed by atoms with Crippen LogP contribution < -0.4 is 10.6 Å². The molecule has 2 N–H and O–H groups in total. The van der Waals surface area contributed by atoms with E-state index in [2.05, 4.69) is 39.9 Å². The number of thiazole rings is 1. The predicted octanol–water partition coefficient (Wildman–Crippen LogP) is 5.50. The Morgan fingerprint density at radius 2 is 1.67 bits per heavy atom. The van der Waals surface area contributed by atoms with E-state index in [1.165, 1.54) is 18.3 Å². The van der Waals surface area contributed by atoms with E-state index in [-0.39, 0.29) is 17.1 Å². The SMILES string of the molecule is CC(=O)NCc1ccc(-c2csc(NC(=O)CSC(c3ccccc3)c3ccccc3)n2)o1. The number of furan rings is 1. The molecule has 0 saturated carbocycles. The van der Waals surface area contributed by atoms with Crippen molar-refractivity contribution in [3.05, 3.63) is 95.1 Å². The standard InChI is InChI=1S/C25H23N3O3S2/c1-17(29)26-14-20-12-13-22(31-20)21-15-33-25(27-21)28-23(30)16-32-24(18-8-4-2-5-9-18)19-10-6-3-7-11-19/h2-13,15,24H,14,16H2,1H3,(H,26,29)(H,27,28,30). The van der Waals surface area contributed by atoms with Gasteiger partial charge in [-0.15, -0.1) is 23.1 Å². The van der Waals surface area contributed by atoms with Crippen LogP contribution in [0.15, 0.2) is 82.6 Å². The summed E-state index contributed by atoms with van der Waals surface area (Å²) in [6, 6.07) is 24.0. The molecule has 6 nitrogen and oxygen atoms in total. The van der Waals surface area contributed by atoms with Crippen LogP contribution >= 0.6 is 23.1 Å². The summed E-state index contributed by atoms with van der Waals surface area (Å²) in [5, 5.41) is 8.00. The molecular weight excluding hydrogens is 454 g/mol. The smallest absolute Gasteiger partial charge is 0.236 e. The maximum atomic E-state index is 12.6. The minimum Gasteiger partial charge on any atom is -0.458 e. The average Bonchev–Trinajstić information content (AvgIpc) is 3.49.